The Bertz CT molecular complexity index is 1070. The van der Waals surface area contributed by atoms with Crippen molar-refractivity contribution in [2.75, 3.05) is 33.3 Å². The second kappa shape index (κ2) is 10.3. The predicted octanol–water partition coefficient (Wildman–Crippen LogP) is 4.85. The van der Waals surface area contributed by atoms with Crippen LogP contribution in [0.25, 0.3) is 0 Å². The van der Waals surface area contributed by atoms with E-state index < -0.39 is 10.0 Å². The van der Waals surface area contributed by atoms with Gasteiger partial charge in [0.25, 0.3) is 0 Å². The zero-order chi connectivity index (χ0) is 22.2. The van der Waals surface area contributed by atoms with E-state index in [9.17, 15) is 8.42 Å². The van der Waals surface area contributed by atoms with Gasteiger partial charge in [0.15, 0.2) is 0 Å². The van der Waals surface area contributed by atoms with Crippen LogP contribution in [0.2, 0.25) is 5.02 Å². The molecule has 0 spiro atoms. The quantitative estimate of drug-likeness (QED) is 0.591. The maximum Gasteiger partial charge on any atom is 0.243 e. The smallest absolute Gasteiger partial charge is 0.243 e. The summed E-state index contributed by atoms with van der Waals surface area (Å²) in [4.78, 5) is 2.90. The SMILES string of the molecule is COc1ccc2c(c1)CCN(CC1CCN(S(=O)(=O)c3cc(C)c(Cl)cc3C)CC1)C2.Cl. The Labute approximate surface area is 203 Å². The molecule has 8 heteroatoms. The van der Waals surface area contributed by atoms with Crippen molar-refractivity contribution in [3.63, 3.8) is 0 Å². The lowest BCUT2D eigenvalue weighted by atomic mass is 9.94. The van der Waals surface area contributed by atoms with Crippen molar-refractivity contribution in [1.29, 1.82) is 0 Å². The number of ether oxygens (including phenoxy) is 1. The van der Waals surface area contributed by atoms with E-state index in [4.69, 9.17) is 16.3 Å². The summed E-state index contributed by atoms with van der Waals surface area (Å²) in [7, 11) is -1.78. The lowest BCUT2D eigenvalue weighted by Crippen LogP contribution is -2.42. The molecule has 0 N–H and O–H groups in total. The molecule has 0 bridgehead atoms. The monoisotopic (exact) mass is 498 g/mol. The van der Waals surface area contributed by atoms with Gasteiger partial charge in [-0.2, -0.15) is 4.31 Å². The summed E-state index contributed by atoms with van der Waals surface area (Å²) in [6.45, 7) is 7.85. The molecule has 2 aromatic rings. The van der Waals surface area contributed by atoms with Gasteiger partial charge in [-0.05, 0) is 85.5 Å². The van der Waals surface area contributed by atoms with Gasteiger partial charge in [-0.1, -0.05) is 17.7 Å². The molecule has 2 aliphatic rings. The first-order valence-corrected chi connectivity index (χ1v) is 12.7. The lowest BCUT2D eigenvalue weighted by molar-refractivity contribution is 0.171. The fourth-order valence-corrected chi connectivity index (χ4v) is 6.72. The minimum Gasteiger partial charge on any atom is -0.497 e. The second-order valence-corrected chi connectivity index (χ2v) is 11.1. The average Bonchev–Trinajstić information content (AvgIpc) is 2.76. The van der Waals surface area contributed by atoms with Gasteiger partial charge in [0.2, 0.25) is 10.0 Å². The highest BCUT2D eigenvalue weighted by atomic mass is 35.5. The standard InChI is InChI=1S/C24H31ClN2O3S.ClH/c1-17-13-24(18(2)12-23(17)25)31(28,29)27-10-6-19(7-11-27)15-26-9-8-20-14-22(30-3)5-4-21(20)16-26;/h4-5,12-14,19H,6-11,15-16H2,1-3H3;1H. The average molecular weight is 500 g/mol. The van der Waals surface area contributed by atoms with E-state index in [0.29, 0.717) is 34.5 Å². The third-order valence-corrected chi connectivity index (χ3v) is 9.12. The molecule has 4 rings (SSSR count). The van der Waals surface area contributed by atoms with Crippen molar-refractivity contribution >= 4 is 34.0 Å². The number of sulfonamides is 1. The Morgan fingerprint density at radius 1 is 1.03 bits per heavy atom. The zero-order valence-electron chi connectivity index (χ0n) is 18.9. The maximum absolute atomic E-state index is 13.2. The summed E-state index contributed by atoms with van der Waals surface area (Å²) in [5.41, 5.74) is 4.26. The molecule has 0 aromatic heterocycles. The number of benzene rings is 2. The largest absolute Gasteiger partial charge is 0.497 e. The number of halogens is 2. The van der Waals surface area contributed by atoms with Crippen molar-refractivity contribution in [1.82, 2.24) is 9.21 Å². The van der Waals surface area contributed by atoms with E-state index in [1.165, 1.54) is 11.1 Å². The van der Waals surface area contributed by atoms with Crippen LogP contribution < -0.4 is 4.74 Å². The molecule has 32 heavy (non-hydrogen) atoms. The van der Waals surface area contributed by atoms with Crippen LogP contribution in [-0.4, -0.2) is 50.9 Å². The molecule has 1 saturated heterocycles. The predicted molar refractivity (Wildman–Crippen MR) is 132 cm³/mol. The minimum atomic E-state index is -3.49. The van der Waals surface area contributed by atoms with E-state index in [1.54, 1.807) is 23.5 Å². The molecule has 2 aromatic carbocycles. The summed E-state index contributed by atoms with van der Waals surface area (Å²) in [6, 6.07) is 9.81. The number of piperidine rings is 1. The molecule has 0 radical (unpaired) electrons. The van der Waals surface area contributed by atoms with Gasteiger partial charge in [0, 0.05) is 37.7 Å². The molecule has 2 aliphatic heterocycles. The summed E-state index contributed by atoms with van der Waals surface area (Å²) in [5, 5.41) is 0.608. The Morgan fingerprint density at radius 3 is 2.44 bits per heavy atom. The van der Waals surface area contributed by atoms with Crippen molar-refractivity contribution < 1.29 is 13.2 Å². The van der Waals surface area contributed by atoms with Crippen LogP contribution in [0.4, 0.5) is 0 Å². The topological polar surface area (TPSA) is 49.9 Å². The number of rotatable bonds is 5. The number of aryl methyl sites for hydroxylation is 2. The third kappa shape index (κ3) is 5.26. The first kappa shape index (κ1) is 25.3. The van der Waals surface area contributed by atoms with E-state index >= 15 is 0 Å². The minimum absolute atomic E-state index is 0. The molecule has 0 amide bonds. The number of methoxy groups -OCH3 is 1. The summed E-state index contributed by atoms with van der Waals surface area (Å²) in [6.07, 6.45) is 2.84. The van der Waals surface area contributed by atoms with Crippen LogP contribution in [0.5, 0.6) is 5.75 Å². The molecule has 0 saturated carbocycles. The van der Waals surface area contributed by atoms with E-state index in [0.717, 1.165) is 50.2 Å². The van der Waals surface area contributed by atoms with Gasteiger partial charge in [0.05, 0.1) is 12.0 Å². The second-order valence-electron chi connectivity index (χ2n) is 8.83. The first-order valence-electron chi connectivity index (χ1n) is 10.9. The number of hydrogen-bond donors (Lipinski definition) is 0. The van der Waals surface area contributed by atoms with Crippen LogP contribution in [0.15, 0.2) is 35.2 Å². The fourth-order valence-electron chi connectivity index (χ4n) is 4.74. The van der Waals surface area contributed by atoms with Gasteiger partial charge >= 0.3 is 0 Å². The van der Waals surface area contributed by atoms with Gasteiger partial charge in [-0.15, -0.1) is 12.4 Å². The fraction of sp³-hybridized carbons (Fsp3) is 0.500. The van der Waals surface area contributed by atoms with Crippen LogP contribution in [0.1, 0.15) is 35.1 Å². The first-order chi connectivity index (χ1) is 14.8. The summed E-state index contributed by atoms with van der Waals surface area (Å²) < 4.78 is 33.4. The highest BCUT2D eigenvalue weighted by Gasteiger charge is 2.31. The van der Waals surface area contributed by atoms with Crippen LogP contribution in [0.3, 0.4) is 0 Å². The Balaban J connectivity index is 0.00000289. The van der Waals surface area contributed by atoms with Crippen LogP contribution in [0, 0.1) is 19.8 Å². The van der Waals surface area contributed by atoms with Crippen molar-refractivity contribution in [2.45, 2.75) is 44.6 Å². The maximum atomic E-state index is 13.2. The molecule has 0 aliphatic carbocycles. The molecule has 5 nitrogen and oxygen atoms in total. The van der Waals surface area contributed by atoms with E-state index in [2.05, 4.69) is 17.0 Å². The van der Waals surface area contributed by atoms with Crippen LogP contribution in [-0.2, 0) is 23.0 Å². The van der Waals surface area contributed by atoms with Crippen molar-refractivity contribution in [3.8, 4) is 5.75 Å². The third-order valence-electron chi connectivity index (χ3n) is 6.67. The molecular formula is C24H32Cl2N2O3S. The van der Waals surface area contributed by atoms with Crippen molar-refractivity contribution in [2.24, 2.45) is 5.92 Å². The summed E-state index contributed by atoms with van der Waals surface area (Å²) >= 11 is 6.16. The van der Waals surface area contributed by atoms with Gasteiger partial charge in [0.1, 0.15) is 5.75 Å². The molecule has 0 unspecified atom stereocenters. The number of nitrogens with zero attached hydrogens (tertiary/aromatic N) is 2. The van der Waals surface area contributed by atoms with Crippen molar-refractivity contribution in [3.05, 3.63) is 57.6 Å². The molecule has 1 fully saturated rings. The van der Waals surface area contributed by atoms with E-state index in [-0.39, 0.29) is 12.4 Å². The Morgan fingerprint density at radius 2 is 1.75 bits per heavy atom. The zero-order valence-corrected chi connectivity index (χ0v) is 21.3. The number of fused-ring (bicyclic) bond motifs is 1. The van der Waals surface area contributed by atoms with Crippen LogP contribution >= 0.6 is 24.0 Å². The van der Waals surface area contributed by atoms with Gasteiger partial charge in [-0.25, -0.2) is 8.42 Å². The highest BCUT2D eigenvalue weighted by molar-refractivity contribution is 7.89. The Kier molecular flexibility index (Phi) is 8.16. The van der Waals surface area contributed by atoms with E-state index in [1.807, 2.05) is 19.9 Å². The normalized spacial score (nSPS) is 18.1. The highest BCUT2D eigenvalue weighted by Crippen LogP contribution is 2.30. The molecule has 176 valence electrons. The lowest BCUT2D eigenvalue weighted by Gasteiger charge is -2.36. The Hall–Kier alpha value is -1.31. The van der Waals surface area contributed by atoms with Gasteiger partial charge < -0.3 is 4.74 Å². The van der Waals surface area contributed by atoms with Gasteiger partial charge in [-0.3, -0.25) is 4.90 Å². The molecule has 0 atom stereocenters. The summed E-state index contributed by atoms with van der Waals surface area (Å²) in [5.74, 6) is 1.45. The number of hydrogen-bond acceptors (Lipinski definition) is 4. The molecular weight excluding hydrogens is 467 g/mol. The molecule has 2 heterocycles.